The molecule has 1 fully saturated rings. The molecule has 1 aliphatic rings. The summed E-state index contributed by atoms with van der Waals surface area (Å²) in [6, 6.07) is 7.26. The van der Waals surface area contributed by atoms with E-state index < -0.39 is 6.04 Å². The fourth-order valence-electron chi connectivity index (χ4n) is 2.17. The van der Waals surface area contributed by atoms with Crippen molar-refractivity contribution in [3.05, 3.63) is 34.9 Å². The number of nitrogens with two attached hydrogens (primary N) is 1. The van der Waals surface area contributed by atoms with E-state index in [0.717, 1.165) is 31.2 Å². The highest BCUT2D eigenvalue weighted by Gasteiger charge is 2.46. The third kappa shape index (κ3) is 3.85. The van der Waals surface area contributed by atoms with Crippen LogP contribution in [0.4, 0.5) is 0 Å². The molecule has 0 radical (unpaired) electrons. The van der Waals surface area contributed by atoms with Gasteiger partial charge < -0.3 is 11.1 Å². The summed E-state index contributed by atoms with van der Waals surface area (Å²) in [5, 5.41) is 3.77. The summed E-state index contributed by atoms with van der Waals surface area (Å²) in [4.78, 5) is 12.0. The molecule has 1 saturated carbocycles. The highest BCUT2D eigenvalue weighted by Crippen LogP contribution is 2.46. The van der Waals surface area contributed by atoms with Gasteiger partial charge in [-0.25, -0.2) is 0 Å². The molecule has 5 heteroatoms. The van der Waals surface area contributed by atoms with E-state index in [4.69, 9.17) is 17.3 Å². The van der Waals surface area contributed by atoms with Gasteiger partial charge in [0.1, 0.15) is 0 Å². The summed E-state index contributed by atoms with van der Waals surface area (Å²) in [6.45, 7) is 2.02. The molecule has 1 amide bonds. The number of carbonyl (C=O) groups is 1. The highest BCUT2D eigenvalue weighted by molar-refractivity contribution is 6.30. The van der Waals surface area contributed by atoms with Crippen molar-refractivity contribution in [3.63, 3.8) is 0 Å². The molecule has 0 heterocycles. The van der Waals surface area contributed by atoms with Gasteiger partial charge in [0.15, 0.2) is 0 Å². The molecule has 19 heavy (non-hydrogen) atoms. The lowest BCUT2D eigenvalue weighted by atomic mass is 10.0. The Bertz CT molecular complexity index is 447. The third-order valence-corrected chi connectivity index (χ3v) is 3.66. The quantitative estimate of drug-likeness (QED) is 0.878. The van der Waals surface area contributed by atoms with E-state index in [2.05, 4.69) is 5.32 Å². The van der Waals surface area contributed by atoms with Gasteiger partial charge in [0.25, 0.3) is 0 Å². The third-order valence-electron chi connectivity index (χ3n) is 3.43. The molecule has 0 bridgehead atoms. The zero-order valence-electron chi connectivity index (χ0n) is 11.0. The molecule has 3 N–H and O–H groups in total. The van der Waals surface area contributed by atoms with Crippen molar-refractivity contribution >= 4 is 29.9 Å². The lowest BCUT2D eigenvalue weighted by Crippen LogP contribution is -2.45. The van der Waals surface area contributed by atoms with Gasteiger partial charge in [-0.3, -0.25) is 4.79 Å². The van der Waals surface area contributed by atoms with Crippen LogP contribution in [-0.2, 0) is 10.3 Å². The maximum Gasteiger partial charge on any atom is 0.237 e. The van der Waals surface area contributed by atoms with Crippen LogP contribution in [-0.4, -0.2) is 11.9 Å². The van der Waals surface area contributed by atoms with Crippen molar-refractivity contribution in [2.24, 2.45) is 5.73 Å². The second kappa shape index (κ2) is 6.60. The summed E-state index contributed by atoms with van der Waals surface area (Å²) < 4.78 is 0. The zero-order chi connectivity index (χ0) is 13.2. The van der Waals surface area contributed by atoms with E-state index in [1.807, 2.05) is 31.2 Å². The van der Waals surface area contributed by atoms with Gasteiger partial charge in [0, 0.05) is 5.02 Å². The molecule has 106 valence electrons. The van der Waals surface area contributed by atoms with Crippen molar-refractivity contribution in [1.29, 1.82) is 0 Å². The number of amides is 1. The average Bonchev–Trinajstić information content (AvgIpc) is 3.10. The van der Waals surface area contributed by atoms with Gasteiger partial charge in [-0.05, 0) is 37.0 Å². The van der Waals surface area contributed by atoms with E-state index in [9.17, 15) is 4.79 Å². The number of benzene rings is 1. The van der Waals surface area contributed by atoms with Crippen molar-refractivity contribution in [2.45, 2.75) is 44.2 Å². The largest absolute Gasteiger partial charge is 0.345 e. The van der Waals surface area contributed by atoms with Crippen LogP contribution in [0.15, 0.2) is 24.3 Å². The van der Waals surface area contributed by atoms with E-state index in [0.29, 0.717) is 5.02 Å². The van der Waals surface area contributed by atoms with E-state index in [1.165, 1.54) is 0 Å². The number of nitrogens with one attached hydrogen (secondary N) is 1. The molecule has 0 aromatic heterocycles. The molecule has 1 unspecified atom stereocenters. The Morgan fingerprint density at radius 3 is 2.74 bits per heavy atom. The Kier molecular flexibility index (Phi) is 5.65. The molecule has 2 rings (SSSR count). The van der Waals surface area contributed by atoms with Gasteiger partial charge in [-0.15, -0.1) is 12.4 Å². The average molecular weight is 303 g/mol. The van der Waals surface area contributed by atoms with Crippen LogP contribution in [0.25, 0.3) is 0 Å². The lowest BCUT2D eigenvalue weighted by molar-refractivity contribution is -0.123. The molecule has 0 aliphatic heterocycles. The number of carbonyl (C=O) groups excluding carboxylic acids is 1. The van der Waals surface area contributed by atoms with Crippen LogP contribution in [0.1, 0.15) is 38.2 Å². The number of hydrogen-bond acceptors (Lipinski definition) is 2. The van der Waals surface area contributed by atoms with E-state index >= 15 is 0 Å². The second-order valence-electron chi connectivity index (χ2n) is 4.98. The minimum atomic E-state index is -0.411. The molecule has 1 aromatic carbocycles. The maximum absolute atomic E-state index is 12.0. The number of hydrogen-bond donors (Lipinski definition) is 2. The van der Waals surface area contributed by atoms with Crippen LogP contribution in [0.2, 0.25) is 5.02 Å². The molecular formula is C14H20Cl2N2O. The zero-order valence-corrected chi connectivity index (χ0v) is 12.6. The molecule has 1 atom stereocenters. The molecule has 1 aliphatic carbocycles. The fourth-order valence-corrected chi connectivity index (χ4v) is 2.36. The Morgan fingerprint density at radius 2 is 2.21 bits per heavy atom. The maximum atomic E-state index is 12.0. The van der Waals surface area contributed by atoms with Gasteiger partial charge in [0.2, 0.25) is 5.91 Å². The lowest BCUT2D eigenvalue weighted by Gasteiger charge is -2.20. The second-order valence-corrected chi connectivity index (χ2v) is 5.41. The molecular weight excluding hydrogens is 283 g/mol. The van der Waals surface area contributed by atoms with Crippen molar-refractivity contribution < 1.29 is 4.79 Å². The first kappa shape index (κ1) is 16.3. The normalized spacial score (nSPS) is 17.2. The highest BCUT2D eigenvalue weighted by atomic mass is 35.5. The summed E-state index contributed by atoms with van der Waals surface area (Å²) in [5.74, 6) is -0.0608. The molecule has 3 nitrogen and oxygen atoms in total. The van der Waals surface area contributed by atoms with Crippen LogP contribution >= 0.6 is 24.0 Å². The van der Waals surface area contributed by atoms with Crippen molar-refractivity contribution in [1.82, 2.24) is 5.32 Å². The predicted molar refractivity (Wildman–Crippen MR) is 80.6 cm³/mol. The van der Waals surface area contributed by atoms with Crippen LogP contribution < -0.4 is 11.1 Å². The molecule has 0 spiro atoms. The molecule has 0 saturated heterocycles. The predicted octanol–water partition coefficient (Wildman–Crippen LogP) is 2.99. The van der Waals surface area contributed by atoms with Gasteiger partial charge in [0.05, 0.1) is 11.6 Å². The minimum Gasteiger partial charge on any atom is -0.345 e. The Balaban J connectivity index is 0.00000180. The summed E-state index contributed by atoms with van der Waals surface area (Å²) in [6.07, 6.45) is 3.55. The Hall–Kier alpha value is -0.770. The summed E-state index contributed by atoms with van der Waals surface area (Å²) in [5.41, 5.74) is 6.68. The van der Waals surface area contributed by atoms with E-state index in [-0.39, 0.29) is 23.9 Å². The summed E-state index contributed by atoms with van der Waals surface area (Å²) in [7, 11) is 0. The smallest absolute Gasteiger partial charge is 0.237 e. The van der Waals surface area contributed by atoms with Gasteiger partial charge >= 0.3 is 0 Å². The van der Waals surface area contributed by atoms with Gasteiger partial charge in [-0.1, -0.05) is 37.1 Å². The topological polar surface area (TPSA) is 55.1 Å². The van der Waals surface area contributed by atoms with Crippen LogP contribution in [0.5, 0.6) is 0 Å². The first-order valence-corrected chi connectivity index (χ1v) is 6.79. The van der Waals surface area contributed by atoms with Crippen LogP contribution in [0, 0.1) is 0 Å². The first-order chi connectivity index (χ1) is 8.57. The van der Waals surface area contributed by atoms with Crippen molar-refractivity contribution in [3.8, 4) is 0 Å². The first-order valence-electron chi connectivity index (χ1n) is 6.41. The molecule has 1 aromatic rings. The SMILES string of the molecule is CCCC(N)C(=O)NC1(c2cccc(Cl)c2)CC1.Cl. The van der Waals surface area contributed by atoms with Crippen molar-refractivity contribution in [2.75, 3.05) is 0 Å². The van der Waals surface area contributed by atoms with E-state index in [1.54, 1.807) is 0 Å². The monoisotopic (exact) mass is 302 g/mol. The minimum absolute atomic E-state index is 0. The standard InChI is InChI=1S/C14H19ClN2O.ClH/c1-2-4-12(16)13(18)17-14(7-8-14)10-5-3-6-11(15)9-10;/h3,5-6,9,12H,2,4,7-8,16H2,1H3,(H,17,18);1H. The Labute approximate surface area is 125 Å². The Morgan fingerprint density at radius 1 is 1.53 bits per heavy atom. The number of rotatable bonds is 5. The summed E-state index contributed by atoms with van der Waals surface area (Å²) >= 11 is 5.99. The van der Waals surface area contributed by atoms with Crippen LogP contribution in [0.3, 0.4) is 0 Å². The van der Waals surface area contributed by atoms with Gasteiger partial charge in [-0.2, -0.15) is 0 Å². The number of halogens is 2. The fraction of sp³-hybridized carbons (Fsp3) is 0.500.